The van der Waals surface area contributed by atoms with Crippen LogP contribution in [0.2, 0.25) is 0 Å². The molecule has 0 atom stereocenters. The molecule has 0 aliphatic carbocycles. The Morgan fingerprint density at radius 1 is 1.11 bits per heavy atom. The van der Waals surface area contributed by atoms with Crippen molar-refractivity contribution in [2.45, 2.75) is 0 Å². The molecule has 0 unspecified atom stereocenters. The number of nitrogen functional groups attached to an aromatic ring is 1. The smallest absolute Gasteiger partial charge is 0.184 e. The molecular formula is C13H11F3N2O. The number of hydrogen-bond acceptors (Lipinski definition) is 3. The molecule has 0 amide bonds. The van der Waals surface area contributed by atoms with E-state index in [1.807, 2.05) is 0 Å². The van der Waals surface area contributed by atoms with Gasteiger partial charge in [0, 0.05) is 6.07 Å². The predicted octanol–water partition coefficient (Wildman–Crippen LogP) is 3.44. The second kappa shape index (κ2) is 5.09. The van der Waals surface area contributed by atoms with Gasteiger partial charge in [0.2, 0.25) is 0 Å². The van der Waals surface area contributed by atoms with Crippen molar-refractivity contribution in [1.29, 1.82) is 0 Å². The van der Waals surface area contributed by atoms with Crippen LogP contribution in [0.3, 0.4) is 0 Å². The first kappa shape index (κ1) is 13.1. The van der Waals surface area contributed by atoms with Crippen molar-refractivity contribution in [3.63, 3.8) is 0 Å². The van der Waals surface area contributed by atoms with Gasteiger partial charge in [0.05, 0.1) is 18.5 Å². The number of halogens is 3. The Bertz CT molecular complexity index is 617. The van der Waals surface area contributed by atoms with Crippen molar-refractivity contribution in [3.05, 3.63) is 47.8 Å². The van der Waals surface area contributed by atoms with Gasteiger partial charge in [-0.1, -0.05) is 0 Å². The van der Waals surface area contributed by atoms with E-state index in [0.29, 0.717) is 0 Å². The molecule has 2 rings (SSSR count). The van der Waals surface area contributed by atoms with Crippen LogP contribution in [0.25, 0.3) is 0 Å². The average molecular weight is 268 g/mol. The molecule has 0 saturated carbocycles. The zero-order chi connectivity index (χ0) is 14.0. The largest absolute Gasteiger partial charge is 0.494 e. The molecular weight excluding hydrogens is 257 g/mol. The first-order valence-electron chi connectivity index (χ1n) is 5.37. The van der Waals surface area contributed by atoms with Gasteiger partial charge in [0.15, 0.2) is 11.6 Å². The van der Waals surface area contributed by atoms with Crippen LogP contribution in [0.15, 0.2) is 30.3 Å². The molecule has 100 valence electrons. The quantitative estimate of drug-likeness (QED) is 0.838. The number of nitrogens with one attached hydrogen (secondary N) is 1. The summed E-state index contributed by atoms with van der Waals surface area (Å²) in [5, 5.41) is 2.60. The highest BCUT2D eigenvalue weighted by Gasteiger charge is 2.14. The Morgan fingerprint density at radius 2 is 1.84 bits per heavy atom. The maximum absolute atomic E-state index is 13.6. The highest BCUT2D eigenvalue weighted by molar-refractivity contribution is 5.75. The summed E-state index contributed by atoms with van der Waals surface area (Å²) < 4.78 is 44.8. The summed E-state index contributed by atoms with van der Waals surface area (Å²) in [6.45, 7) is 0. The van der Waals surface area contributed by atoms with E-state index in [0.717, 1.165) is 18.2 Å². The van der Waals surface area contributed by atoms with Crippen LogP contribution in [-0.4, -0.2) is 7.11 Å². The summed E-state index contributed by atoms with van der Waals surface area (Å²) in [7, 11) is 1.34. The van der Waals surface area contributed by atoms with E-state index in [9.17, 15) is 13.2 Å². The van der Waals surface area contributed by atoms with E-state index >= 15 is 0 Å². The molecule has 19 heavy (non-hydrogen) atoms. The molecule has 0 fully saturated rings. The summed E-state index contributed by atoms with van der Waals surface area (Å²) in [6.07, 6.45) is 0. The minimum atomic E-state index is -1.11. The summed E-state index contributed by atoms with van der Waals surface area (Å²) >= 11 is 0. The first-order valence-corrected chi connectivity index (χ1v) is 5.37. The Balaban J connectivity index is 2.44. The maximum atomic E-state index is 13.6. The van der Waals surface area contributed by atoms with Crippen molar-refractivity contribution in [2.24, 2.45) is 0 Å². The number of anilines is 3. The van der Waals surface area contributed by atoms with Gasteiger partial charge in [-0.05, 0) is 24.3 Å². The molecule has 6 heteroatoms. The number of methoxy groups -OCH3 is 1. The van der Waals surface area contributed by atoms with Gasteiger partial charge in [-0.3, -0.25) is 0 Å². The molecule has 0 bridgehead atoms. The summed E-state index contributed by atoms with van der Waals surface area (Å²) in [6, 6.07) is 5.79. The Kier molecular flexibility index (Phi) is 3.50. The lowest BCUT2D eigenvalue weighted by molar-refractivity contribution is 0.413. The van der Waals surface area contributed by atoms with Crippen molar-refractivity contribution in [1.82, 2.24) is 0 Å². The van der Waals surface area contributed by atoms with Crippen LogP contribution in [-0.2, 0) is 0 Å². The van der Waals surface area contributed by atoms with E-state index in [1.165, 1.54) is 19.2 Å². The van der Waals surface area contributed by atoms with E-state index < -0.39 is 17.5 Å². The van der Waals surface area contributed by atoms with E-state index in [4.69, 9.17) is 10.5 Å². The van der Waals surface area contributed by atoms with Crippen LogP contribution in [0.1, 0.15) is 0 Å². The maximum Gasteiger partial charge on any atom is 0.184 e. The lowest BCUT2D eigenvalue weighted by Gasteiger charge is -2.13. The second-order valence-electron chi connectivity index (χ2n) is 3.80. The molecule has 0 aliphatic heterocycles. The van der Waals surface area contributed by atoms with Crippen molar-refractivity contribution >= 4 is 17.1 Å². The third kappa shape index (κ3) is 2.57. The molecule has 0 heterocycles. The monoisotopic (exact) mass is 268 g/mol. The normalized spacial score (nSPS) is 10.3. The highest BCUT2D eigenvalue weighted by Crippen LogP contribution is 2.33. The van der Waals surface area contributed by atoms with Gasteiger partial charge >= 0.3 is 0 Å². The lowest BCUT2D eigenvalue weighted by atomic mass is 10.2. The Hall–Kier alpha value is -2.37. The van der Waals surface area contributed by atoms with Crippen LogP contribution in [0.4, 0.5) is 30.2 Å². The Labute approximate surface area is 107 Å². The first-order chi connectivity index (χ1) is 9.02. The standard InChI is InChI=1S/C13H11F3N2O/c1-19-11-6-7(14)2-5-10(11)18-13-9(17)4-3-8(15)12(13)16/h2-6,18H,17H2,1H3. The number of nitrogens with two attached hydrogens (primary N) is 1. The molecule has 0 saturated heterocycles. The summed E-state index contributed by atoms with van der Waals surface area (Å²) in [5.74, 6) is -2.48. The van der Waals surface area contributed by atoms with Crippen LogP contribution in [0.5, 0.6) is 5.75 Å². The number of ether oxygens (including phenoxy) is 1. The average Bonchev–Trinajstić information content (AvgIpc) is 2.40. The molecule has 0 aliphatic rings. The van der Waals surface area contributed by atoms with E-state index in [1.54, 1.807) is 0 Å². The summed E-state index contributed by atoms with van der Waals surface area (Å²) in [5.41, 5.74) is 5.67. The zero-order valence-corrected chi connectivity index (χ0v) is 10.0. The van der Waals surface area contributed by atoms with Crippen molar-refractivity contribution < 1.29 is 17.9 Å². The van der Waals surface area contributed by atoms with E-state index in [2.05, 4.69) is 5.32 Å². The third-order valence-electron chi connectivity index (χ3n) is 2.55. The van der Waals surface area contributed by atoms with Crippen LogP contribution >= 0.6 is 0 Å². The SMILES string of the molecule is COc1cc(F)ccc1Nc1c(N)ccc(F)c1F. The molecule has 0 aromatic heterocycles. The van der Waals surface area contributed by atoms with Gasteiger partial charge in [0.1, 0.15) is 17.3 Å². The van der Waals surface area contributed by atoms with Crippen LogP contribution in [0, 0.1) is 17.5 Å². The molecule has 0 radical (unpaired) electrons. The molecule has 2 aromatic rings. The van der Waals surface area contributed by atoms with Gasteiger partial charge in [-0.15, -0.1) is 0 Å². The number of benzene rings is 2. The van der Waals surface area contributed by atoms with Gasteiger partial charge in [-0.2, -0.15) is 0 Å². The number of rotatable bonds is 3. The van der Waals surface area contributed by atoms with Crippen LogP contribution < -0.4 is 15.8 Å². The van der Waals surface area contributed by atoms with E-state index in [-0.39, 0.29) is 22.8 Å². The van der Waals surface area contributed by atoms with Crippen molar-refractivity contribution in [2.75, 3.05) is 18.2 Å². The summed E-state index contributed by atoms with van der Waals surface area (Å²) in [4.78, 5) is 0. The molecule has 0 spiro atoms. The number of hydrogen-bond donors (Lipinski definition) is 2. The Morgan fingerprint density at radius 3 is 2.53 bits per heavy atom. The third-order valence-corrected chi connectivity index (χ3v) is 2.55. The van der Waals surface area contributed by atoms with Gasteiger partial charge in [-0.25, -0.2) is 13.2 Å². The second-order valence-corrected chi connectivity index (χ2v) is 3.80. The highest BCUT2D eigenvalue weighted by atomic mass is 19.2. The predicted molar refractivity (Wildman–Crippen MR) is 67.0 cm³/mol. The molecule has 2 aromatic carbocycles. The minimum Gasteiger partial charge on any atom is -0.494 e. The molecule has 3 N–H and O–H groups in total. The van der Waals surface area contributed by atoms with Gasteiger partial charge < -0.3 is 15.8 Å². The topological polar surface area (TPSA) is 47.3 Å². The minimum absolute atomic E-state index is 0.0327. The fourth-order valence-electron chi connectivity index (χ4n) is 1.60. The fourth-order valence-corrected chi connectivity index (χ4v) is 1.60. The molecule has 3 nitrogen and oxygen atoms in total. The van der Waals surface area contributed by atoms with Crippen molar-refractivity contribution in [3.8, 4) is 5.75 Å². The zero-order valence-electron chi connectivity index (χ0n) is 10.0. The lowest BCUT2D eigenvalue weighted by Crippen LogP contribution is -2.03. The fraction of sp³-hybridized carbons (Fsp3) is 0.0769. The van der Waals surface area contributed by atoms with Gasteiger partial charge in [0.25, 0.3) is 0 Å².